The Morgan fingerprint density at radius 2 is 2.09 bits per heavy atom. The highest BCUT2D eigenvalue weighted by atomic mass is 35.5. The predicted molar refractivity (Wildman–Crippen MR) is 46.9 cm³/mol. The third kappa shape index (κ3) is 1.28. The highest BCUT2D eigenvalue weighted by molar-refractivity contribution is 5.85. The summed E-state index contributed by atoms with van der Waals surface area (Å²) in [6.45, 7) is 3.97. The molecule has 0 aromatic heterocycles. The van der Waals surface area contributed by atoms with Crippen molar-refractivity contribution in [2.75, 3.05) is 13.2 Å². The topological polar surface area (TPSA) is 35.2 Å². The first kappa shape index (κ1) is 9.30. The fourth-order valence-corrected chi connectivity index (χ4v) is 2.50. The lowest BCUT2D eigenvalue weighted by Crippen LogP contribution is -2.60. The van der Waals surface area contributed by atoms with E-state index in [9.17, 15) is 0 Å². The Hall–Kier alpha value is 0.210. The minimum atomic E-state index is 0. The summed E-state index contributed by atoms with van der Waals surface area (Å²) < 4.78 is 5.62. The molecular formula is C8H16ClNO. The van der Waals surface area contributed by atoms with Crippen LogP contribution in [0.2, 0.25) is 0 Å². The van der Waals surface area contributed by atoms with Crippen molar-refractivity contribution in [2.45, 2.75) is 31.8 Å². The van der Waals surface area contributed by atoms with Crippen LogP contribution in [0.3, 0.4) is 0 Å². The average molecular weight is 178 g/mol. The SMILES string of the molecule is CC12CCOC(CN)(C1)C2.Cl. The normalized spacial score (nSPS) is 47.5. The summed E-state index contributed by atoms with van der Waals surface area (Å²) in [7, 11) is 0. The summed E-state index contributed by atoms with van der Waals surface area (Å²) in [5.41, 5.74) is 6.29. The van der Waals surface area contributed by atoms with Gasteiger partial charge in [0.15, 0.2) is 0 Å². The second-order valence-corrected chi connectivity index (χ2v) is 4.15. The highest BCUT2D eigenvalue weighted by Gasteiger charge is 2.54. The molecule has 0 amide bonds. The lowest BCUT2D eigenvalue weighted by Gasteiger charge is -2.58. The van der Waals surface area contributed by atoms with Crippen molar-refractivity contribution in [3.05, 3.63) is 0 Å². The van der Waals surface area contributed by atoms with Gasteiger partial charge in [-0.3, -0.25) is 0 Å². The number of hydrogen-bond acceptors (Lipinski definition) is 2. The molecule has 2 bridgehead atoms. The molecule has 11 heavy (non-hydrogen) atoms. The van der Waals surface area contributed by atoms with Crippen molar-refractivity contribution in [3.63, 3.8) is 0 Å². The summed E-state index contributed by atoms with van der Waals surface area (Å²) in [4.78, 5) is 0. The number of rotatable bonds is 1. The second kappa shape index (κ2) is 2.61. The maximum Gasteiger partial charge on any atom is 0.0814 e. The first-order valence-electron chi connectivity index (χ1n) is 4.02. The molecule has 1 saturated carbocycles. The summed E-state index contributed by atoms with van der Waals surface area (Å²) in [5, 5.41) is 0. The summed E-state index contributed by atoms with van der Waals surface area (Å²) in [6.07, 6.45) is 3.61. The van der Waals surface area contributed by atoms with E-state index in [4.69, 9.17) is 10.5 Å². The minimum Gasteiger partial charge on any atom is -0.374 e. The molecule has 3 heteroatoms. The van der Waals surface area contributed by atoms with Crippen LogP contribution in [0.5, 0.6) is 0 Å². The van der Waals surface area contributed by atoms with E-state index in [2.05, 4.69) is 6.92 Å². The third-order valence-electron chi connectivity index (χ3n) is 2.98. The average Bonchev–Trinajstić information content (AvgIpc) is 1.86. The van der Waals surface area contributed by atoms with E-state index in [1.54, 1.807) is 0 Å². The number of ether oxygens (including phenoxy) is 1. The van der Waals surface area contributed by atoms with Crippen molar-refractivity contribution in [2.24, 2.45) is 11.1 Å². The van der Waals surface area contributed by atoms with Crippen LogP contribution in [0, 0.1) is 5.41 Å². The fourth-order valence-electron chi connectivity index (χ4n) is 2.50. The molecule has 0 unspecified atom stereocenters. The van der Waals surface area contributed by atoms with Crippen LogP contribution in [0.25, 0.3) is 0 Å². The predicted octanol–water partition coefficient (Wildman–Crippen LogP) is 1.33. The Morgan fingerprint density at radius 3 is 2.45 bits per heavy atom. The molecule has 0 radical (unpaired) electrons. The molecule has 0 spiro atoms. The van der Waals surface area contributed by atoms with Crippen LogP contribution in [0.4, 0.5) is 0 Å². The molecule has 2 aliphatic heterocycles. The molecular weight excluding hydrogens is 162 g/mol. The van der Waals surface area contributed by atoms with Crippen LogP contribution in [0.1, 0.15) is 26.2 Å². The van der Waals surface area contributed by atoms with Crippen LogP contribution in [-0.2, 0) is 4.74 Å². The summed E-state index contributed by atoms with van der Waals surface area (Å²) in [6, 6.07) is 0. The number of halogens is 1. The second-order valence-electron chi connectivity index (χ2n) is 4.15. The van der Waals surface area contributed by atoms with Crippen molar-refractivity contribution in [1.82, 2.24) is 0 Å². The van der Waals surface area contributed by atoms with E-state index < -0.39 is 0 Å². The first-order valence-corrected chi connectivity index (χ1v) is 4.02. The van der Waals surface area contributed by atoms with Gasteiger partial charge >= 0.3 is 0 Å². The molecule has 3 rings (SSSR count). The van der Waals surface area contributed by atoms with E-state index in [1.165, 1.54) is 19.3 Å². The minimum absolute atomic E-state index is 0. The molecule has 0 aromatic carbocycles. The Labute approximate surface area is 73.9 Å². The van der Waals surface area contributed by atoms with Gasteiger partial charge in [-0.1, -0.05) is 6.92 Å². The zero-order valence-corrected chi connectivity index (χ0v) is 7.75. The Balaban J connectivity index is 0.000000605. The van der Waals surface area contributed by atoms with E-state index >= 15 is 0 Å². The van der Waals surface area contributed by atoms with Crippen molar-refractivity contribution >= 4 is 12.4 Å². The molecule has 2 nitrogen and oxygen atoms in total. The zero-order valence-electron chi connectivity index (χ0n) is 6.93. The fraction of sp³-hybridized carbons (Fsp3) is 1.00. The van der Waals surface area contributed by atoms with Gasteiger partial charge in [-0.2, -0.15) is 0 Å². The molecule has 0 aromatic rings. The quantitative estimate of drug-likeness (QED) is 0.656. The van der Waals surface area contributed by atoms with Gasteiger partial charge in [0.1, 0.15) is 0 Å². The maximum atomic E-state index is 5.62. The van der Waals surface area contributed by atoms with E-state index in [1.807, 2.05) is 0 Å². The molecule has 2 N–H and O–H groups in total. The molecule has 66 valence electrons. The van der Waals surface area contributed by atoms with Crippen LogP contribution >= 0.6 is 12.4 Å². The van der Waals surface area contributed by atoms with Gasteiger partial charge < -0.3 is 10.5 Å². The van der Waals surface area contributed by atoms with Crippen molar-refractivity contribution in [3.8, 4) is 0 Å². The van der Waals surface area contributed by atoms with Crippen molar-refractivity contribution in [1.29, 1.82) is 0 Å². The molecule has 3 fully saturated rings. The standard InChI is InChI=1S/C8H15NO.ClH/c1-7-2-3-10-8(4-7,5-7)6-9;/h2-6,9H2,1H3;1H. The lowest BCUT2D eigenvalue weighted by atomic mass is 9.57. The number of nitrogens with two attached hydrogens (primary N) is 1. The largest absolute Gasteiger partial charge is 0.374 e. The van der Waals surface area contributed by atoms with E-state index in [-0.39, 0.29) is 18.0 Å². The first-order chi connectivity index (χ1) is 4.68. The number of fused-ring (bicyclic) bond motifs is 2. The Bertz CT molecular complexity index is 154. The van der Waals surface area contributed by atoms with E-state index in [0.717, 1.165) is 6.61 Å². The Morgan fingerprint density at radius 1 is 1.45 bits per heavy atom. The van der Waals surface area contributed by atoms with Crippen LogP contribution in [-0.4, -0.2) is 18.8 Å². The van der Waals surface area contributed by atoms with E-state index in [0.29, 0.717) is 12.0 Å². The molecule has 0 atom stereocenters. The highest BCUT2D eigenvalue weighted by Crippen LogP contribution is 2.55. The lowest BCUT2D eigenvalue weighted by molar-refractivity contribution is -0.212. The third-order valence-corrected chi connectivity index (χ3v) is 2.98. The summed E-state index contributed by atoms with van der Waals surface area (Å²) in [5.74, 6) is 0. The molecule has 1 aliphatic carbocycles. The van der Waals surface area contributed by atoms with Gasteiger partial charge in [0.05, 0.1) is 5.60 Å². The van der Waals surface area contributed by atoms with Gasteiger partial charge in [0.2, 0.25) is 0 Å². The zero-order chi connectivity index (χ0) is 7.24. The van der Waals surface area contributed by atoms with Crippen molar-refractivity contribution < 1.29 is 4.74 Å². The van der Waals surface area contributed by atoms with Gasteiger partial charge in [0.25, 0.3) is 0 Å². The maximum absolute atomic E-state index is 5.62. The van der Waals surface area contributed by atoms with Gasteiger partial charge in [0, 0.05) is 13.2 Å². The smallest absolute Gasteiger partial charge is 0.0814 e. The van der Waals surface area contributed by atoms with Gasteiger partial charge in [-0.15, -0.1) is 12.4 Å². The van der Waals surface area contributed by atoms with Gasteiger partial charge in [-0.05, 0) is 24.7 Å². The monoisotopic (exact) mass is 177 g/mol. The van der Waals surface area contributed by atoms with Crippen LogP contribution < -0.4 is 5.73 Å². The molecule has 2 saturated heterocycles. The van der Waals surface area contributed by atoms with Gasteiger partial charge in [-0.25, -0.2) is 0 Å². The molecule has 3 aliphatic rings. The molecule has 2 heterocycles. The Kier molecular flexibility index (Phi) is 2.21. The summed E-state index contributed by atoms with van der Waals surface area (Å²) >= 11 is 0. The van der Waals surface area contributed by atoms with Crippen LogP contribution in [0.15, 0.2) is 0 Å². The number of hydrogen-bond donors (Lipinski definition) is 1.